The summed E-state index contributed by atoms with van der Waals surface area (Å²) in [7, 11) is 0. The zero-order chi connectivity index (χ0) is 12.4. The van der Waals surface area contributed by atoms with Gasteiger partial charge in [-0.25, -0.2) is 0 Å². The fourth-order valence-corrected chi connectivity index (χ4v) is 3.01. The minimum absolute atomic E-state index is 0.158. The van der Waals surface area contributed by atoms with Gasteiger partial charge in [0.1, 0.15) is 0 Å². The van der Waals surface area contributed by atoms with Gasteiger partial charge in [-0.1, -0.05) is 32.0 Å². The lowest BCUT2D eigenvalue weighted by atomic mass is 9.89. The molecule has 0 aliphatic rings. The Morgan fingerprint density at radius 1 is 1.35 bits per heavy atom. The summed E-state index contributed by atoms with van der Waals surface area (Å²) in [6, 6.07) is 8.17. The van der Waals surface area contributed by atoms with Crippen LogP contribution < -0.4 is 0 Å². The third-order valence-electron chi connectivity index (χ3n) is 3.12. The van der Waals surface area contributed by atoms with Crippen molar-refractivity contribution in [2.24, 2.45) is 11.8 Å². The molecule has 0 amide bonds. The molecule has 1 heterocycles. The Bertz CT molecular complexity index is 528. The SMILES string of the molecule is CC(C)C(Cc1csc2ccccc12)C(=O)O. The van der Waals surface area contributed by atoms with E-state index >= 15 is 0 Å². The first kappa shape index (κ1) is 12.1. The Kier molecular flexibility index (Phi) is 3.48. The quantitative estimate of drug-likeness (QED) is 0.893. The molecule has 17 heavy (non-hydrogen) atoms. The summed E-state index contributed by atoms with van der Waals surface area (Å²) in [5.41, 5.74) is 1.16. The van der Waals surface area contributed by atoms with Gasteiger partial charge in [0.15, 0.2) is 0 Å². The second-order valence-corrected chi connectivity index (χ2v) is 5.56. The van der Waals surface area contributed by atoms with Crippen LogP contribution >= 0.6 is 11.3 Å². The van der Waals surface area contributed by atoms with Crippen LogP contribution in [0.5, 0.6) is 0 Å². The Morgan fingerprint density at radius 2 is 2.06 bits per heavy atom. The van der Waals surface area contributed by atoms with E-state index in [4.69, 9.17) is 0 Å². The molecule has 2 aromatic rings. The predicted octanol–water partition coefficient (Wildman–Crippen LogP) is 3.80. The maximum Gasteiger partial charge on any atom is 0.307 e. The smallest absolute Gasteiger partial charge is 0.307 e. The molecule has 0 saturated carbocycles. The van der Waals surface area contributed by atoms with Crippen LogP contribution in [0.4, 0.5) is 0 Å². The van der Waals surface area contributed by atoms with Gasteiger partial charge in [0, 0.05) is 4.70 Å². The van der Waals surface area contributed by atoms with Crippen LogP contribution in [0.3, 0.4) is 0 Å². The topological polar surface area (TPSA) is 37.3 Å². The number of fused-ring (bicyclic) bond motifs is 1. The first-order chi connectivity index (χ1) is 8.09. The maximum absolute atomic E-state index is 11.2. The lowest BCUT2D eigenvalue weighted by Crippen LogP contribution is -2.21. The molecule has 0 bridgehead atoms. The number of hydrogen-bond acceptors (Lipinski definition) is 2. The normalized spacial score (nSPS) is 13.1. The Balaban J connectivity index is 2.31. The van der Waals surface area contributed by atoms with E-state index in [2.05, 4.69) is 17.5 Å². The standard InChI is InChI=1S/C14H16O2S/c1-9(2)12(14(15)16)7-10-8-17-13-6-4-3-5-11(10)13/h3-6,8-9,12H,7H2,1-2H3,(H,15,16). The monoisotopic (exact) mass is 248 g/mol. The van der Waals surface area contributed by atoms with Crippen molar-refractivity contribution < 1.29 is 9.90 Å². The third-order valence-corrected chi connectivity index (χ3v) is 4.14. The first-order valence-corrected chi connectivity index (χ1v) is 6.65. The van der Waals surface area contributed by atoms with Crippen molar-refractivity contribution in [3.63, 3.8) is 0 Å². The van der Waals surface area contributed by atoms with E-state index in [1.54, 1.807) is 11.3 Å². The maximum atomic E-state index is 11.2. The van der Waals surface area contributed by atoms with Gasteiger partial charge < -0.3 is 5.11 Å². The number of hydrogen-bond donors (Lipinski definition) is 1. The molecule has 0 aliphatic heterocycles. The predicted molar refractivity (Wildman–Crippen MR) is 71.5 cm³/mol. The number of thiophene rings is 1. The van der Waals surface area contributed by atoms with Crippen LogP contribution in [-0.2, 0) is 11.2 Å². The van der Waals surface area contributed by atoms with Gasteiger partial charge in [-0.05, 0) is 34.7 Å². The van der Waals surface area contributed by atoms with Gasteiger partial charge in [-0.15, -0.1) is 11.3 Å². The molecule has 0 aliphatic carbocycles. The summed E-state index contributed by atoms with van der Waals surface area (Å²) in [6.07, 6.45) is 0.622. The van der Waals surface area contributed by atoms with E-state index in [-0.39, 0.29) is 11.8 Å². The molecule has 1 atom stereocenters. The Labute approximate surface area is 105 Å². The highest BCUT2D eigenvalue weighted by molar-refractivity contribution is 7.17. The summed E-state index contributed by atoms with van der Waals surface area (Å²) in [5, 5.41) is 12.5. The van der Waals surface area contributed by atoms with Gasteiger partial charge >= 0.3 is 5.97 Å². The van der Waals surface area contributed by atoms with Crippen molar-refractivity contribution in [2.45, 2.75) is 20.3 Å². The lowest BCUT2D eigenvalue weighted by molar-refractivity contribution is -0.143. The number of rotatable bonds is 4. The summed E-state index contributed by atoms with van der Waals surface area (Å²) < 4.78 is 1.23. The summed E-state index contributed by atoms with van der Waals surface area (Å²) >= 11 is 1.69. The average Bonchev–Trinajstić information content (AvgIpc) is 2.68. The van der Waals surface area contributed by atoms with Gasteiger partial charge in [0.2, 0.25) is 0 Å². The van der Waals surface area contributed by atoms with Crippen LogP contribution in [0.15, 0.2) is 29.6 Å². The van der Waals surface area contributed by atoms with Crippen molar-refractivity contribution >= 4 is 27.4 Å². The van der Waals surface area contributed by atoms with Crippen molar-refractivity contribution in [3.05, 3.63) is 35.2 Å². The zero-order valence-corrected chi connectivity index (χ0v) is 10.8. The highest BCUT2D eigenvalue weighted by atomic mass is 32.1. The second kappa shape index (κ2) is 4.88. The third kappa shape index (κ3) is 2.50. The molecule has 90 valence electrons. The molecule has 2 rings (SSSR count). The first-order valence-electron chi connectivity index (χ1n) is 5.77. The Morgan fingerprint density at radius 3 is 2.71 bits per heavy atom. The number of benzene rings is 1. The highest BCUT2D eigenvalue weighted by Crippen LogP contribution is 2.29. The molecular formula is C14H16O2S. The minimum atomic E-state index is -0.699. The lowest BCUT2D eigenvalue weighted by Gasteiger charge is -2.15. The molecule has 0 radical (unpaired) electrons. The van der Waals surface area contributed by atoms with Crippen molar-refractivity contribution in [2.75, 3.05) is 0 Å². The van der Waals surface area contributed by atoms with Crippen LogP contribution in [0.25, 0.3) is 10.1 Å². The molecule has 1 aromatic carbocycles. The van der Waals surface area contributed by atoms with Crippen molar-refractivity contribution in [1.82, 2.24) is 0 Å². The van der Waals surface area contributed by atoms with Crippen LogP contribution in [0.1, 0.15) is 19.4 Å². The zero-order valence-electron chi connectivity index (χ0n) is 10.0. The van der Waals surface area contributed by atoms with E-state index < -0.39 is 5.97 Å². The van der Waals surface area contributed by atoms with Gasteiger partial charge in [-0.3, -0.25) is 4.79 Å². The fraction of sp³-hybridized carbons (Fsp3) is 0.357. The molecular weight excluding hydrogens is 232 g/mol. The van der Waals surface area contributed by atoms with Gasteiger partial charge in [0.25, 0.3) is 0 Å². The van der Waals surface area contributed by atoms with Gasteiger partial charge in [-0.2, -0.15) is 0 Å². The Hall–Kier alpha value is -1.35. The molecule has 3 heteroatoms. The molecule has 0 fully saturated rings. The molecule has 1 N–H and O–H groups in total. The molecule has 1 aromatic heterocycles. The van der Waals surface area contributed by atoms with Crippen LogP contribution in [-0.4, -0.2) is 11.1 Å². The summed E-state index contributed by atoms with van der Waals surface area (Å²) in [4.78, 5) is 11.2. The van der Waals surface area contributed by atoms with Crippen molar-refractivity contribution in [3.8, 4) is 0 Å². The molecule has 0 spiro atoms. The van der Waals surface area contributed by atoms with E-state index in [9.17, 15) is 9.90 Å². The fourth-order valence-electron chi connectivity index (χ4n) is 2.04. The molecule has 0 saturated heterocycles. The van der Waals surface area contributed by atoms with E-state index in [1.807, 2.05) is 26.0 Å². The average molecular weight is 248 g/mol. The number of carboxylic acid groups (broad SMARTS) is 1. The summed E-state index contributed by atoms with van der Waals surface area (Å²) in [6.45, 7) is 3.93. The number of aliphatic carboxylic acids is 1. The number of carbonyl (C=O) groups is 1. The van der Waals surface area contributed by atoms with Crippen LogP contribution in [0, 0.1) is 11.8 Å². The van der Waals surface area contributed by atoms with E-state index in [1.165, 1.54) is 10.1 Å². The van der Waals surface area contributed by atoms with E-state index in [0.29, 0.717) is 6.42 Å². The van der Waals surface area contributed by atoms with Crippen LogP contribution in [0.2, 0.25) is 0 Å². The van der Waals surface area contributed by atoms with Crippen molar-refractivity contribution in [1.29, 1.82) is 0 Å². The molecule has 1 unspecified atom stereocenters. The highest BCUT2D eigenvalue weighted by Gasteiger charge is 2.22. The summed E-state index contributed by atoms with van der Waals surface area (Å²) in [5.74, 6) is -0.838. The largest absolute Gasteiger partial charge is 0.481 e. The second-order valence-electron chi connectivity index (χ2n) is 4.65. The van der Waals surface area contributed by atoms with Gasteiger partial charge in [0.05, 0.1) is 5.92 Å². The minimum Gasteiger partial charge on any atom is -0.481 e. The molecule has 2 nitrogen and oxygen atoms in total. The number of carboxylic acids is 1. The van der Waals surface area contributed by atoms with E-state index in [0.717, 1.165) is 5.56 Å².